The standard InChI is InChI=1S/C28H14NO.C5H8O2.Ir/c30-28-20-10-4-3-9-19(20)26-21(12-5-13-22(26)28)25-15-23-17-8-2-1-7-16(17)18-11-6-14-24(29-25)27(18)23;1-4(6)3-5(2)7;/h1-11,13-15H;3,6H,1-2H3;/q-1;;/b;4-3-;. The normalized spacial score (nSPS) is 12.2. The molecular weight excluding hydrogens is 651 g/mol. The van der Waals surface area contributed by atoms with Crippen molar-refractivity contribution in [1.82, 2.24) is 4.98 Å². The second kappa shape index (κ2) is 9.94. The van der Waals surface area contributed by atoms with E-state index in [1.807, 2.05) is 36.4 Å². The van der Waals surface area contributed by atoms with E-state index >= 15 is 0 Å². The van der Waals surface area contributed by atoms with Crippen LogP contribution in [-0.4, -0.2) is 21.7 Å². The zero-order chi connectivity index (χ0) is 25.7. The number of fused-ring (bicyclic) bond motifs is 6. The van der Waals surface area contributed by atoms with Crippen molar-refractivity contribution in [3.63, 3.8) is 0 Å². The Balaban J connectivity index is 0.000000329. The molecule has 0 saturated carbocycles. The minimum absolute atomic E-state index is 0. The summed E-state index contributed by atoms with van der Waals surface area (Å²) in [5.41, 5.74) is 11.0. The fourth-order valence-corrected chi connectivity index (χ4v) is 5.31. The van der Waals surface area contributed by atoms with Gasteiger partial charge in [-0.3, -0.25) is 14.6 Å². The summed E-state index contributed by atoms with van der Waals surface area (Å²) in [6, 6.07) is 31.9. The molecule has 0 bridgehead atoms. The van der Waals surface area contributed by atoms with Gasteiger partial charge >= 0.3 is 0 Å². The van der Waals surface area contributed by atoms with E-state index in [1.54, 1.807) is 0 Å². The van der Waals surface area contributed by atoms with E-state index in [0.717, 1.165) is 39.0 Å². The number of aliphatic hydroxyl groups is 1. The molecule has 7 rings (SSSR count). The number of hydrogen-bond donors (Lipinski definition) is 1. The zero-order valence-electron chi connectivity index (χ0n) is 20.7. The molecule has 2 aliphatic carbocycles. The maximum atomic E-state index is 12.9. The predicted molar refractivity (Wildman–Crippen MR) is 146 cm³/mol. The summed E-state index contributed by atoms with van der Waals surface area (Å²) in [5, 5.41) is 9.56. The number of carbonyl (C=O) groups excluding carboxylic acids is 2. The van der Waals surface area contributed by atoms with Crippen molar-refractivity contribution in [1.29, 1.82) is 0 Å². The molecule has 5 heteroatoms. The number of hydrogen-bond acceptors (Lipinski definition) is 4. The van der Waals surface area contributed by atoms with Crippen molar-refractivity contribution in [2.75, 3.05) is 0 Å². The van der Waals surface area contributed by atoms with Crippen LogP contribution >= 0.6 is 0 Å². The Morgan fingerprint density at radius 3 is 2.08 bits per heavy atom. The summed E-state index contributed by atoms with van der Waals surface area (Å²) in [5.74, 6) is 0.0151. The molecule has 38 heavy (non-hydrogen) atoms. The van der Waals surface area contributed by atoms with E-state index < -0.39 is 0 Å². The number of rotatable bonds is 2. The van der Waals surface area contributed by atoms with E-state index in [0.29, 0.717) is 0 Å². The van der Waals surface area contributed by atoms with Crippen LogP contribution in [0.1, 0.15) is 29.8 Å². The molecule has 5 aromatic rings. The first-order valence-electron chi connectivity index (χ1n) is 12.0. The van der Waals surface area contributed by atoms with Gasteiger partial charge in [0.05, 0.1) is 11.3 Å². The summed E-state index contributed by atoms with van der Waals surface area (Å²) in [7, 11) is 0. The second-order valence-electron chi connectivity index (χ2n) is 9.21. The van der Waals surface area contributed by atoms with Crippen LogP contribution in [0.2, 0.25) is 0 Å². The number of nitrogens with zero attached hydrogens (tertiary/aromatic N) is 1. The minimum Gasteiger partial charge on any atom is -0.512 e. The molecule has 1 heterocycles. The average molecular weight is 673 g/mol. The fourth-order valence-electron chi connectivity index (χ4n) is 5.31. The maximum Gasteiger partial charge on any atom is 0.175 e. The molecule has 1 N–H and O–H groups in total. The van der Waals surface area contributed by atoms with Crippen LogP contribution in [0.3, 0.4) is 0 Å². The third kappa shape index (κ3) is 4.10. The SMILES string of the molecule is CC(=O)/C=C(/C)O.O=C1c2ccccc2-c2c(-c3cc4c5c(cccc5n3)-c3ccccc3-4)[c-]ccc21.[Ir]. The molecule has 0 unspecified atom stereocenters. The molecule has 2 aliphatic rings. The smallest absolute Gasteiger partial charge is 0.175 e. The average Bonchev–Trinajstić information content (AvgIpc) is 3.38. The molecule has 0 aliphatic heterocycles. The molecule has 0 spiro atoms. The Kier molecular flexibility index (Phi) is 6.66. The van der Waals surface area contributed by atoms with E-state index in [2.05, 4.69) is 54.6 Å². The fraction of sp³-hybridized carbons (Fsp3) is 0.0606. The zero-order valence-corrected chi connectivity index (χ0v) is 23.1. The van der Waals surface area contributed by atoms with Crippen LogP contribution in [0.15, 0.2) is 96.8 Å². The Morgan fingerprint density at radius 2 is 1.42 bits per heavy atom. The molecule has 4 aromatic carbocycles. The van der Waals surface area contributed by atoms with Gasteiger partial charge < -0.3 is 5.11 Å². The minimum atomic E-state index is -0.125. The van der Waals surface area contributed by atoms with Crippen molar-refractivity contribution in [3.05, 3.63) is 114 Å². The number of benzene rings is 4. The van der Waals surface area contributed by atoms with Crippen LogP contribution in [0.5, 0.6) is 0 Å². The maximum absolute atomic E-state index is 12.9. The number of carbonyl (C=O) groups is 2. The quantitative estimate of drug-likeness (QED) is 0.117. The first-order valence-corrected chi connectivity index (χ1v) is 12.0. The summed E-state index contributed by atoms with van der Waals surface area (Å²) in [6.45, 7) is 2.85. The molecule has 0 saturated heterocycles. The molecule has 187 valence electrons. The predicted octanol–water partition coefficient (Wildman–Crippen LogP) is 7.60. The molecular formula is C33H22IrNO3-. The van der Waals surface area contributed by atoms with Gasteiger partial charge in [-0.05, 0) is 53.4 Å². The van der Waals surface area contributed by atoms with Gasteiger partial charge in [0.15, 0.2) is 11.6 Å². The summed E-state index contributed by atoms with van der Waals surface area (Å²) in [6.07, 6.45) is 1.17. The Bertz CT molecular complexity index is 1800. The Morgan fingerprint density at radius 1 is 0.789 bits per heavy atom. The van der Waals surface area contributed by atoms with Crippen molar-refractivity contribution >= 4 is 22.5 Å². The van der Waals surface area contributed by atoms with Gasteiger partial charge in [-0.1, -0.05) is 77.9 Å². The van der Waals surface area contributed by atoms with Gasteiger partial charge in [0, 0.05) is 37.1 Å². The van der Waals surface area contributed by atoms with Crippen molar-refractivity contribution < 1.29 is 34.8 Å². The first-order chi connectivity index (χ1) is 17.9. The van der Waals surface area contributed by atoms with Crippen LogP contribution < -0.4 is 0 Å². The van der Waals surface area contributed by atoms with E-state index in [-0.39, 0.29) is 37.4 Å². The number of ketones is 2. The van der Waals surface area contributed by atoms with Crippen LogP contribution in [0, 0.1) is 6.07 Å². The molecule has 4 nitrogen and oxygen atoms in total. The topological polar surface area (TPSA) is 67.3 Å². The number of allylic oxidation sites excluding steroid dienone is 2. The van der Waals surface area contributed by atoms with Gasteiger partial charge in [0.25, 0.3) is 0 Å². The molecule has 1 radical (unpaired) electrons. The largest absolute Gasteiger partial charge is 0.512 e. The summed E-state index contributed by atoms with van der Waals surface area (Å²) in [4.78, 5) is 28.0. The van der Waals surface area contributed by atoms with Crippen LogP contribution in [-0.2, 0) is 24.9 Å². The second-order valence-corrected chi connectivity index (χ2v) is 9.21. The van der Waals surface area contributed by atoms with E-state index in [4.69, 9.17) is 10.1 Å². The molecule has 0 atom stereocenters. The van der Waals surface area contributed by atoms with Gasteiger partial charge in [-0.25, -0.2) is 0 Å². The van der Waals surface area contributed by atoms with E-state index in [9.17, 15) is 9.59 Å². The molecule has 0 amide bonds. The van der Waals surface area contributed by atoms with Crippen LogP contribution in [0.4, 0.5) is 0 Å². The first kappa shape index (κ1) is 25.5. The monoisotopic (exact) mass is 673 g/mol. The Hall–Kier alpha value is -4.18. The van der Waals surface area contributed by atoms with Gasteiger partial charge in [-0.2, -0.15) is 0 Å². The number of aromatic nitrogens is 1. The number of pyridine rings is 1. The van der Waals surface area contributed by atoms with E-state index in [1.165, 1.54) is 47.6 Å². The van der Waals surface area contributed by atoms with Gasteiger partial charge in [0.1, 0.15) is 0 Å². The molecule has 0 fully saturated rings. The summed E-state index contributed by atoms with van der Waals surface area (Å²) >= 11 is 0. The van der Waals surface area contributed by atoms with Gasteiger partial charge in [0.2, 0.25) is 0 Å². The molecule has 1 aromatic heterocycles. The third-order valence-corrected chi connectivity index (χ3v) is 6.69. The third-order valence-electron chi connectivity index (χ3n) is 6.69. The van der Waals surface area contributed by atoms with Crippen molar-refractivity contribution in [3.8, 4) is 44.6 Å². The Labute approximate surface area is 234 Å². The summed E-state index contributed by atoms with van der Waals surface area (Å²) < 4.78 is 0. The van der Waals surface area contributed by atoms with Crippen molar-refractivity contribution in [2.45, 2.75) is 13.8 Å². The van der Waals surface area contributed by atoms with Crippen LogP contribution in [0.25, 0.3) is 55.5 Å². The van der Waals surface area contributed by atoms with Crippen molar-refractivity contribution in [2.24, 2.45) is 0 Å². The number of aliphatic hydroxyl groups excluding tert-OH is 1. The van der Waals surface area contributed by atoms with Gasteiger partial charge in [-0.15, -0.1) is 23.8 Å².